The fourth-order valence-electron chi connectivity index (χ4n) is 3.56. The molecule has 0 bridgehead atoms. The highest BCUT2D eigenvalue weighted by Crippen LogP contribution is 2.31. The SMILES string of the molecule is CC(C)(C)OC(=O)N1CCN(C(c2ccccc2)c2ccc(C(F)F)cc2)CC1. The van der Waals surface area contributed by atoms with Crippen molar-refractivity contribution in [1.29, 1.82) is 0 Å². The van der Waals surface area contributed by atoms with E-state index in [1.54, 1.807) is 17.0 Å². The maximum Gasteiger partial charge on any atom is 0.410 e. The summed E-state index contributed by atoms with van der Waals surface area (Å²) < 4.78 is 31.4. The zero-order chi connectivity index (χ0) is 21.0. The van der Waals surface area contributed by atoms with Crippen LogP contribution in [0.15, 0.2) is 54.6 Å². The smallest absolute Gasteiger partial charge is 0.410 e. The molecule has 0 spiro atoms. The first-order valence-corrected chi connectivity index (χ1v) is 9.89. The number of carbonyl (C=O) groups is 1. The second-order valence-electron chi connectivity index (χ2n) is 8.28. The number of alkyl halides is 2. The lowest BCUT2D eigenvalue weighted by atomic mass is 9.95. The molecule has 1 saturated heterocycles. The van der Waals surface area contributed by atoms with Crippen LogP contribution < -0.4 is 0 Å². The second-order valence-corrected chi connectivity index (χ2v) is 8.28. The third-order valence-corrected chi connectivity index (χ3v) is 4.95. The number of halogens is 2. The van der Waals surface area contributed by atoms with E-state index >= 15 is 0 Å². The minimum absolute atomic E-state index is 0.0234. The highest BCUT2D eigenvalue weighted by molar-refractivity contribution is 5.68. The van der Waals surface area contributed by atoms with Crippen LogP contribution in [0.1, 0.15) is 49.9 Å². The fraction of sp³-hybridized carbons (Fsp3) is 0.435. The van der Waals surface area contributed by atoms with Gasteiger partial charge in [-0.05, 0) is 31.9 Å². The Kier molecular flexibility index (Phi) is 6.52. The van der Waals surface area contributed by atoms with Crippen molar-refractivity contribution >= 4 is 6.09 Å². The number of hydrogen-bond acceptors (Lipinski definition) is 3. The quantitative estimate of drug-likeness (QED) is 0.699. The Hall–Kier alpha value is -2.47. The molecule has 0 radical (unpaired) electrons. The van der Waals surface area contributed by atoms with Crippen LogP contribution in [0.4, 0.5) is 13.6 Å². The lowest BCUT2D eigenvalue weighted by molar-refractivity contribution is 0.0119. The van der Waals surface area contributed by atoms with Crippen LogP contribution >= 0.6 is 0 Å². The number of nitrogens with zero attached hydrogens (tertiary/aromatic N) is 2. The van der Waals surface area contributed by atoms with Crippen molar-refractivity contribution in [3.63, 3.8) is 0 Å². The first-order chi connectivity index (χ1) is 13.7. The molecule has 0 aliphatic carbocycles. The van der Waals surface area contributed by atoms with Gasteiger partial charge in [0.05, 0.1) is 6.04 Å². The van der Waals surface area contributed by atoms with Crippen molar-refractivity contribution < 1.29 is 18.3 Å². The third-order valence-electron chi connectivity index (χ3n) is 4.95. The Balaban J connectivity index is 1.77. The number of benzene rings is 2. The molecule has 0 N–H and O–H groups in total. The standard InChI is InChI=1S/C23H28F2N2O2/c1-23(2,3)29-22(28)27-15-13-26(14-16-27)20(17-7-5-4-6-8-17)18-9-11-19(12-10-18)21(24)25/h4-12,20-21H,13-16H2,1-3H3. The first kappa shape index (κ1) is 21.2. The van der Waals surface area contributed by atoms with Crippen LogP contribution in [0.25, 0.3) is 0 Å². The molecule has 2 aromatic rings. The molecular weight excluding hydrogens is 374 g/mol. The largest absolute Gasteiger partial charge is 0.444 e. The maximum absolute atomic E-state index is 13.0. The molecule has 0 aromatic heterocycles. The normalized spacial score (nSPS) is 16.7. The van der Waals surface area contributed by atoms with Gasteiger partial charge in [0, 0.05) is 31.7 Å². The molecule has 3 rings (SSSR count). The number of piperazine rings is 1. The summed E-state index contributed by atoms with van der Waals surface area (Å²) in [5, 5.41) is 0. The lowest BCUT2D eigenvalue weighted by Gasteiger charge is -2.40. The predicted molar refractivity (Wildman–Crippen MR) is 109 cm³/mol. The summed E-state index contributed by atoms with van der Waals surface area (Å²) in [6.45, 7) is 8.05. The molecule has 6 heteroatoms. The van der Waals surface area contributed by atoms with Gasteiger partial charge in [-0.15, -0.1) is 0 Å². The van der Waals surface area contributed by atoms with Gasteiger partial charge in [0.25, 0.3) is 6.43 Å². The molecule has 156 valence electrons. The number of hydrogen-bond donors (Lipinski definition) is 0. The van der Waals surface area contributed by atoms with E-state index in [2.05, 4.69) is 4.90 Å². The van der Waals surface area contributed by atoms with Crippen molar-refractivity contribution in [2.24, 2.45) is 0 Å². The summed E-state index contributed by atoms with van der Waals surface area (Å²) in [5.74, 6) is 0. The van der Waals surface area contributed by atoms with Gasteiger partial charge < -0.3 is 9.64 Å². The van der Waals surface area contributed by atoms with E-state index in [-0.39, 0.29) is 17.7 Å². The Morgan fingerprint density at radius 2 is 1.38 bits per heavy atom. The molecular formula is C23H28F2N2O2. The summed E-state index contributed by atoms with van der Waals surface area (Å²) in [6.07, 6.45) is -2.77. The summed E-state index contributed by atoms with van der Waals surface area (Å²) in [4.78, 5) is 16.4. The Morgan fingerprint density at radius 1 is 0.862 bits per heavy atom. The highest BCUT2D eigenvalue weighted by Gasteiger charge is 2.30. The molecule has 0 saturated carbocycles. The molecule has 1 aliphatic rings. The topological polar surface area (TPSA) is 32.8 Å². The number of carbonyl (C=O) groups excluding carboxylic acids is 1. The minimum Gasteiger partial charge on any atom is -0.444 e. The second kappa shape index (κ2) is 8.91. The van der Waals surface area contributed by atoms with Gasteiger partial charge in [-0.1, -0.05) is 54.6 Å². The first-order valence-electron chi connectivity index (χ1n) is 9.89. The van der Waals surface area contributed by atoms with E-state index < -0.39 is 12.0 Å². The Labute approximate surface area is 171 Å². The molecule has 4 nitrogen and oxygen atoms in total. The zero-order valence-electron chi connectivity index (χ0n) is 17.1. The van der Waals surface area contributed by atoms with Gasteiger partial charge in [0.15, 0.2) is 0 Å². The van der Waals surface area contributed by atoms with Crippen LogP contribution in [0.3, 0.4) is 0 Å². The van der Waals surface area contributed by atoms with E-state index in [4.69, 9.17) is 4.74 Å². The maximum atomic E-state index is 13.0. The lowest BCUT2D eigenvalue weighted by Crippen LogP contribution is -2.51. The average molecular weight is 402 g/mol. The molecule has 2 aromatic carbocycles. The number of rotatable bonds is 4. The van der Waals surface area contributed by atoms with Crippen LogP contribution in [0.5, 0.6) is 0 Å². The van der Waals surface area contributed by atoms with Crippen LogP contribution in [-0.2, 0) is 4.74 Å². The summed E-state index contributed by atoms with van der Waals surface area (Å²) in [7, 11) is 0. The highest BCUT2D eigenvalue weighted by atomic mass is 19.3. The van der Waals surface area contributed by atoms with Crippen molar-refractivity contribution in [3.8, 4) is 0 Å². The molecule has 29 heavy (non-hydrogen) atoms. The van der Waals surface area contributed by atoms with Crippen molar-refractivity contribution in [2.75, 3.05) is 26.2 Å². The van der Waals surface area contributed by atoms with Crippen LogP contribution in [0, 0.1) is 0 Å². The predicted octanol–water partition coefficient (Wildman–Crippen LogP) is 5.27. The van der Waals surface area contributed by atoms with E-state index in [1.165, 1.54) is 12.1 Å². The van der Waals surface area contributed by atoms with Gasteiger partial charge in [0.2, 0.25) is 0 Å². The average Bonchev–Trinajstić information content (AvgIpc) is 2.69. The molecule has 1 aliphatic heterocycles. The van der Waals surface area contributed by atoms with Crippen LogP contribution in [0.2, 0.25) is 0 Å². The summed E-state index contributed by atoms with van der Waals surface area (Å²) >= 11 is 0. The van der Waals surface area contributed by atoms with E-state index in [0.29, 0.717) is 26.2 Å². The van der Waals surface area contributed by atoms with Gasteiger partial charge in [-0.25, -0.2) is 13.6 Å². The van der Waals surface area contributed by atoms with Gasteiger partial charge in [-0.2, -0.15) is 0 Å². The number of amides is 1. The fourth-order valence-corrected chi connectivity index (χ4v) is 3.56. The Bertz CT molecular complexity index is 796. The van der Waals surface area contributed by atoms with Crippen LogP contribution in [-0.4, -0.2) is 47.7 Å². The third kappa shape index (κ3) is 5.54. The van der Waals surface area contributed by atoms with E-state index in [0.717, 1.165) is 11.1 Å². The zero-order valence-corrected chi connectivity index (χ0v) is 17.1. The Morgan fingerprint density at radius 3 is 1.90 bits per heavy atom. The van der Waals surface area contributed by atoms with E-state index in [9.17, 15) is 13.6 Å². The van der Waals surface area contributed by atoms with Crippen molar-refractivity contribution in [3.05, 3.63) is 71.3 Å². The molecule has 1 amide bonds. The van der Waals surface area contributed by atoms with Gasteiger partial charge in [0.1, 0.15) is 5.60 Å². The van der Waals surface area contributed by atoms with Gasteiger partial charge in [-0.3, -0.25) is 4.90 Å². The number of ether oxygens (including phenoxy) is 1. The minimum atomic E-state index is -2.48. The molecule has 1 unspecified atom stereocenters. The monoisotopic (exact) mass is 402 g/mol. The van der Waals surface area contributed by atoms with Crippen molar-refractivity contribution in [2.45, 2.75) is 38.8 Å². The summed E-state index contributed by atoms with van der Waals surface area (Å²) in [5.41, 5.74) is 1.57. The van der Waals surface area contributed by atoms with Gasteiger partial charge >= 0.3 is 6.09 Å². The molecule has 1 heterocycles. The summed E-state index contributed by atoms with van der Waals surface area (Å²) in [6, 6.07) is 16.5. The van der Waals surface area contributed by atoms with E-state index in [1.807, 2.05) is 51.1 Å². The van der Waals surface area contributed by atoms with Crippen molar-refractivity contribution in [1.82, 2.24) is 9.80 Å². The molecule has 1 atom stereocenters. The molecule has 1 fully saturated rings.